The summed E-state index contributed by atoms with van der Waals surface area (Å²) in [5, 5.41) is 1.10. The Balaban J connectivity index is 0.00000144. The second-order valence-electron chi connectivity index (χ2n) is 3.29. The molecule has 0 saturated heterocycles. The molecule has 2 rings (SSSR count). The van der Waals surface area contributed by atoms with Crippen LogP contribution in [-0.2, 0) is 10.1 Å². The van der Waals surface area contributed by atoms with E-state index in [1.54, 1.807) is 24.3 Å². The smallest absolute Gasteiger partial charge is 0.496 e. The molecule has 0 fully saturated rings. The van der Waals surface area contributed by atoms with E-state index in [2.05, 4.69) is 0 Å². The van der Waals surface area contributed by atoms with Crippen LogP contribution in [0.5, 0.6) is 5.75 Å². The van der Waals surface area contributed by atoms with Crippen molar-refractivity contribution in [1.82, 2.24) is 0 Å². The van der Waals surface area contributed by atoms with Gasteiger partial charge in [0.15, 0.2) is 0 Å². The van der Waals surface area contributed by atoms with E-state index in [1.165, 1.54) is 19.2 Å². The van der Waals surface area contributed by atoms with Crippen molar-refractivity contribution in [2.45, 2.75) is 4.90 Å². The van der Waals surface area contributed by atoms with Crippen LogP contribution < -0.4 is 34.3 Å². The van der Waals surface area contributed by atoms with Gasteiger partial charge >= 0.3 is 29.6 Å². The number of rotatable bonds is 2. The molecule has 84 valence electrons. The molecule has 0 atom stereocenters. The van der Waals surface area contributed by atoms with Gasteiger partial charge in [-0.25, -0.2) is 0 Å². The fourth-order valence-corrected chi connectivity index (χ4v) is 2.34. The van der Waals surface area contributed by atoms with E-state index in [4.69, 9.17) is 9.29 Å². The van der Waals surface area contributed by atoms with E-state index in [-0.39, 0.29) is 34.5 Å². The number of benzene rings is 2. The SMILES string of the molecule is COc1ccc(S(=O)(=O)O)c2ccccc12.[Na+]. The number of hydrogen-bond donors (Lipinski definition) is 1. The van der Waals surface area contributed by atoms with Crippen LogP contribution in [0, 0.1) is 0 Å². The van der Waals surface area contributed by atoms with E-state index in [0.29, 0.717) is 16.5 Å². The third-order valence-electron chi connectivity index (χ3n) is 2.34. The van der Waals surface area contributed by atoms with Crippen molar-refractivity contribution < 1.29 is 47.3 Å². The summed E-state index contributed by atoms with van der Waals surface area (Å²) in [5.74, 6) is 0.572. The van der Waals surface area contributed by atoms with E-state index in [1.807, 2.05) is 0 Å². The van der Waals surface area contributed by atoms with Gasteiger partial charge in [0.1, 0.15) is 10.6 Å². The standard InChI is InChI=1S/C11H10O4S.Na/c1-15-10-6-7-11(16(12,13)14)9-5-3-2-4-8(9)10;/h2-7H,1H3,(H,12,13,14);/q;+1. The Morgan fingerprint density at radius 3 is 2.18 bits per heavy atom. The molecule has 0 aliphatic rings. The van der Waals surface area contributed by atoms with Crippen molar-refractivity contribution in [2.24, 2.45) is 0 Å². The number of ether oxygens (including phenoxy) is 1. The summed E-state index contributed by atoms with van der Waals surface area (Å²) in [6, 6.07) is 9.70. The van der Waals surface area contributed by atoms with Crippen LogP contribution in [-0.4, -0.2) is 20.1 Å². The molecule has 4 nitrogen and oxygen atoms in total. The van der Waals surface area contributed by atoms with Gasteiger partial charge in [-0.05, 0) is 12.1 Å². The Labute approximate surface area is 122 Å². The third-order valence-corrected chi connectivity index (χ3v) is 3.25. The van der Waals surface area contributed by atoms with Crippen LogP contribution in [0.4, 0.5) is 0 Å². The Morgan fingerprint density at radius 2 is 1.65 bits per heavy atom. The number of methoxy groups -OCH3 is 1. The van der Waals surface area contributed by atoms with E-state index in [9.17, 15) is 8.42 Å². The first kappa shape index (κ1) is 14.5. The summed E-state index contributed by atoms with van der Waals surface area (Å²) < 4.78 is 36.5. The molecule has 1 N–H and O–H groups in total. The molecule has 17 heavy (non-hydrogen) atoms. The van der Waals surface area contributed by atoms with Crippen molar-refractivity contribution in [2.75, 3.05) is 7.11 Å². The van der Waals surface area contributed by atoms with Crippen LogP contribution in [0.2, 0.25) is 0 Å². The van der Waals surface area contributed by atoms with Gasteiger partial charge in [-0.1, -0.05) is 24.3 Å². The predicted octanol–water partition coefficient (Wildman–Crippen LogP) is -0.901. The van der Waals surface area contributed by atoms with Gasteiger partial charge in [0.2, 0.25) is 0 Å². The summed E-state index contributed by atoms with van der Waals surface area (Å²) in [4.78, 5) is -0.107. The quantitative estimate of drug-likeness (QED) is 0.562. The van der Waals surface area contributed by atoms with Crippen LogP contribution in [0.3, 0.4) is 0 Å². The van der Waals surface area contributed by atoms with Crippen molar-refractivity contribution in [1.29, 1.82) is 0 Å². The average molecular weight is 261 g/mol. The van der Waals surface area contributed by atoms with Crippen molar-refractivity contribution in [3.05, 3.63) is 36.4 Å². The molecule has 2 aromatic carbocycles. The zero-order chi connectivity index (χ0) is 11.8. The molecule has 2 aromatic rings. The molecule has 0 aliphatic heterocycles. The number of fused-ring (bicyclic) bond motifs is 1. The largest absolute Gasteiger partial charge is 1.00 e. The summed E-state index contributed by atoms with van der Waals surface area (Å²) in [6.45, 7) is 0. The van der Waals surface area contributed by atoms with Gasteiger partial charge in [0.25, 0.3) is 10.1 Å². The minimum atomic E-state index is -4.21. The Kier molecular flexibility index (Phi) is 4.57. The minimum Gasteiger partial charge on any atom is -0.496 e. The maximum Gasteiger partial charge on any atom is 1.00 e. The van der Waals surface area contributed by atoms with Gasteiger partial charge in [0.05, 0.1) is 7.11 Å². The Hall–Kier alpha value is -0.590. The molecule has 0 amide bonds. The molecule has 0 bridgehead atoms. The first-order chi connectivity index (χ1) is 7.54. The van der Waals surface area contributed by atoms with Crippen LogP contribution in [0.25, 0.3) is 10.8 Å². The van der Waals surface area contributed by atoms with Gasteiger partial charge in [0, 0.05) is 10.8 Å². The monoisotopic (exact) mass is 261 g/mol. The molecule has 0 unspecified atom stereocenters. The first-order valence-corrected chi connectivity index (χ1v) is 6.01. The molecule has 0 aliphatic carbocycles. The van der Waals surface area contributed by atoms with Gasteiger partial charge in [-0.15, -0.1) is 0 Å². The fourth-order valence-electron chi connectivity index (χ4n) is 1.65. The van der Waals surface area contributed by atoms with E-state index >= 15 is 0 Å². The maximum atomic E-state index is 11.2. The second-order valence-corrected chi connectivity index (χ2v) is 4.68. The Bertz CT molecular complexity index is 637. The minimum absolute atomic E-state index is 0. The summed E-state index contributed by atoms with van der Waals surface area (Å²) in [5.41, 5.74) is 0. The zero-order valence-electron chi connectivity index (χ0n) is 9.54. The molecule has 0 aromatic heterocycles. The molecule has 6 heteroatoms. The zero-order valence-corrected chi connectivity index (χ0v) is 12.4. The average Bonchev–Trinajstić information content (AvgIpc) is 2.26. The molecule has 0 radical (unpaired) electrons. The fraction of sp³-hybridized carbons (Fsp3) is 0.0909. The first-order valence-electron chi connectivity index (χ1n) is 4.57. The summed E-state index contributed by atoms with van der Waals surface area (Å²) >= 11 is 0. The second kappa shape index (κ2) is 5.37. The van der Waals surface area contributed by atoms with Crippen molar-refractivity contribution in [3.8, 4) is 5.75 Å². The normalized spacial score (nSPS) is 10.9. The maximum absolute atomic E-state index is 11.2. The van der Waals surface area contributed by atoms with Crippen LogP contribution in [0.1, 0.15) is 0 Å². The predicted molar refractivity (Wildman–Crippen MR) is 60.3 cm³/mol. The van der Waals surface area contributed by atoms with Crippen LogP contribution >= 0.6 is 0 Å². The summed E-state index contributed by atoms with van der Waals surface area (Å²) in [6.07, 6.45) is 0. The Morgan fingerprint density at radius 1 is 1.06 bits per heavy atom. The summed E-state index contributed by atoms with van der Waals surface area (Å²) in [7, 11) is -2.70. The van der Waals surface area contributed by atoms with Gasteiger partial charge < -0.3 is 4.74 Å². The van der Waals surface area contributed by atoms with Crippen molar-refractivity contribution >= 4 is 20.9 Å². The van der Waals surface area contributed by atoms with Crippen LogP contribution in [0.15, 0.2) is 41.3 Å². The molecular formula is C11H10NaO4S+. The molecule has 0 heterocycles. The molecular weight excluding hydrogens is 251 g/mol. The molecule has 0 saturated carbocycles. The third kappa shape index (κ3) is 2.81. The van der Waals surface area contributed by atoms with Crippen molar-refractivity contribution in [3.63, 3.8) is 0 Å². The van der Waals surface area contributed by atoms with E-state index in [0.717, 1.165) is 0 Å². The van der Waals surface area contributed by atoms with Gasteiger partial charge in [-0.2, -0.15) is 8.42 Å². The van der Waals surface area contributed by atoms with E-state index < -0.39 is 10.1 Å². The van der Waals surface area contributed by atoms with Gasteiger partial charge in [-0.3, -0.25) is 4.55 Å². The number of hydrogen-bond acceptors (Lipinski definition) is 3. The molecule has 0 spiro atoms. The topological polar surface area (TPSA) is 63.6 Å².